The van der Waals surface area contributed by atoms with E-state index in [2.05, 4.69) is 66.0 Å². The van der Waals surface area contributed by atoms with Crippen molar-refractivity contribution in [1.29, 1.82) is 0 Å². The second-order valence-electron chi connectivity index (χ2n) is 12.5. The summed E-state index contributed by atoms with van der Waals surface area (Å²) in [4.78, 5) is 9.11. The Bertz CT molecular complexity index is 2330. The molecule has 0 atom stereocenters. The summed E-state index contributed by atoms with van der Waals surface area (Å²) in [5.74, 6) is -0.728. The Kier molecular flexibility index (Phi) is 8.43. The Morgan fingerprint density at radius 1 is 0.761 bits per heavy atom. The van der Waals surface area contributed by atoms with Gasteiger partial charge in [-0.2, -0.15) is 0 Å². The van der Waals surface area contributed by atoms with Crippen molar-refractivity contribution in [2.75, 3.05) is 0 Å². The van der Waals surface area contributed by atoms with Gasteiger partial charge >= 0.3 is 0 Å². The number of hydrogen-bond acceptors (Lipinski definition) is 4. The minimum Gasteiger partial charge on any atom is -0.501 e. The molecule has 1 radical (unpaired) electrons. The third kappa shape index (κ3) is 5.96. The summed E-state index contributed by atoms with van der Waals surface area (Å²) in [5.41, 5.74) is 7.48. The summed E-state index contributed by atoms with van der Waals surface area (Å²) < 4.78 is 20.9. The predicted octanol–water partition coefficient (Wildman–Crippen LogP) is 10.6. The SMILES string of the molecule is C[Si](C)(C)c1ccc(-c2[c-]cccc2)nc1.[2H]C(C)(C)c1ccnc(-c2[c-]c3oc4ccccc4c3c3c2oc2ccccc23)c1.[Ir]. The van der Waals surface area contributed by atoms with Crippen molar-refractivity contribution in [2.45, 2.75) is 39.4 Å². The third-order valence-corrected chi connectivity index (χ3v) is 10.1. The molecule has 0 aliphatic rings. The van der Waals surface area contributed by atoms with Gasteiger partial charge in [0.05, 0.1) is 19.2 Å². The largest absolute Gasteiger partial charge is 0.501 e. The Labute approximate surface area is 285 Å². The average Bonchev–Trinajstić information content (AvgIpc) is 3.63. The molecule has 0 aliphatic heterocycles. The van der Waals surface area contributed by atoms with E-state index in [-0.39, 0.29) is 20.1 Å². The molecule has 0 N–H and O–H groups in total. The molecule has 0 spiro atoms. The molecule has 8 aromatic rings. The maximum absolute atomic E-state index is 8.41. The maximum Gasteiger partial charge on any atom is 0.123 e. The monoisotopic (exact) mass is 796 g/mol. The standard InChI is InChI=1S/C26H18NO2.C14H16NSi.Ir/c1-15(2)16-11-12-27-20(13-16)19-14-23-24(17-7-3-5-9-21(17)28-23)25-18-8-4-6-10-22(18)29-26(19)25;1-16(2,3)13-9-10-14(15-11-13)12-7-5-4-6-8-12;/h3-13,15H,1-2H3;4-7,9-11H,1-3H3;/q2*-1;/i15D;;. The van der Waals surface area contributed by atoms with Crippen LogP contribution < -0.4 is 5.19 Å². The van der Waals surface area contributed by atoms with E-state index >= 15 is 0 Å². The second-order valence-corrected chi connectivity index (χ2v) is 17.6. The first-order valence-electron chi connectivity index (χ1n) is 15.7. The summed E-state index contributed by atoms with van der Waals surface area (Å²) in [6.07, 6.45) is 3.76. The zero-order valence-corrected chi connectivity index (χ0v) is 29.8. The first-order valence-corrected chi connectivity index (χ1v) is 18.7. The first kappa shape index (κ1) is 30.3. The van der Waals surface area contributed by atoms with Gasteiger partial charge in [-0.15, -0.1) is 35.9 Å². The summed E-state index contributed by atoms with van der Waals surface area (Å²) in [5, 5.41) is 5.49. The number of fused-ring (bicyclic) bond motifs is 7. The molecular formula is C40H34IrN2O2Si-2. The van der Waals surface area contributed by atoms with Crippen molar-refractivity contribution < 1.29 is 30.3 Å². The molecule has 8 rings (SSSR count). The zero-order valence-electron chi connectivity index (χ0n) is 27.4. The van der Waals surface area contributed by atoms with E-state index in [1.165, 1.54) is 5.19 Å². The van der Waals surface area contributed by atoms with Gasteiger partial charge in [-0.3, -0.25) is 0 Å². The van der Waals surface area contributed by atoms with Crippen molar-refractivity contribution >= 4 is 57.1 Å². The van der Waals surface area contributed by atoms with Gasteiger partial charge in [0.2, 0.25) is 0 Å². The van der Waals surface area contributed by atoms with Crippen LogP contribution >= 0.6 is 0 Å². The topological polar surface area (TPSA) is 52.1 Å². The van der Waals surface area contributed by atoms with E-state index < -0.39 is 14.0 Å². The van der Waals surface area contributed by atoms with E-state index in [0.29, 0.717) is 5.58 Å². The molecule has 4 aromatic carbocycles. The predicted molar refractivity (Wildman–Crippen MR) is 189 cm³/mol. The minimum atomic E-state index is -1.23. The summed E-state index contributed by atoms with van der Waals surface area (Å²) in [7, 11) is -1.23. The normalized spacial score (nSPS) is 12.2. The summed E-state index contributed by atoms with van der Waals surface area (Å²) >= 11 is 0. The van der Waals surface area contributed by atoms with E-state index in [1.807, 2.05) is 92.8 Å². The fraction of sp³-hybridized carbons (Fsp3) is 0.150. The van der Waals surface area contributed by atoms with E-state index in [4.69, 9.17) is 10.2 Å². The van der Waals surface area contributed by atoms with Gasteiger partial charge in [0, 0.05) is 39.3 Å². The van der Waals surface area contributed by atoms with Crippen molar-refractivity contribution in [3.8, 4) is 22.5 Å². The summed E-state index contributed by atoms with van der Waals surface area (Å²) in [6, 6.07) is 38.8. The molecule has 0 saturated heterocycles. The van der Waals surface area contributed by atoms with E-state index in [9.17, 15) is 0 Å². The molecule has 0 unspecified atom stereocenters. The van der Waals surface area contributed by atoms with Gasteiger partial charge in [0.15, 0.2) is 0 Å². The molecule has 4 nitrogen and oxygen atoms in total. The van der Waals surface area contributed by atoms with Crippen LogP contribution in [0.4, 0.5) is 0 Å². The van der Waals surface area contributed by atoms with Crippen molar-refractivity contribution in [3.63, 3.8) is 0 Å². The zero-order chi connectivity index (χ0) is 32.1. The van der Waals surface area contributed by atoms with Crippen LogP contribution in [-0.4, -0.2) is 18.0 Å². The number of hydrogen-bond donors (Lipinski definition) is 0. The number of pyridine rings is 2. The van der Waals surface area contributed by atoms with E-state index in [0.717, 1.165) is 66.4 Å². The van der Waals surface area contributed by atoms with Crippen molar-refractivity contribution in [1.82, 2.24) is 9.97 Å². The third-order valence-electron chi connectivity index (χ3n) is 8.11. The Morgan fingerprint density at radius 2 is 1.46 bits per heavy atom. The molecule has 0 fully saturated rings. The molecule has 46 heavy (non-hydrogen) atoms. The van der Waals surface area contributed by atoms with Gasteiger partial charge in [-0.1, -0.05) is 105 Å². The van der Waals surface area contributed by atoms with Crippen LogP contribution in [0.25, 0.3) is 66.4 Å². The Balaban J connectivity index is 0.000000194. The molecular weight excluding hydrogens is 761 g/mol. The van der Waals surface area contributed by atoms with Crippen LogP contribution in [0.3, 0.4) is 0 Å². The Hall–Kier alpha value is -4.35. The van der Waals surface area contributed by atoms with Gasteiger partial charge in [0.25, 0.3) is 0 Å². The van der Waals surface area contributed by atoms with Crippen LogP contribution in [0, 0.1) is 12.1 Å². The number of aromatic nitrogens is 2. The number of nitrogens with zero attached hydrogens (tertiary/aromatic N) is 2. The Morgan fingerprint density at radius 3 is 2.11 bits per heavy atom. The van der Waals surface area contributed by atoms with Crippen molar-refractivity contribution in [3.05, 3.63) is 127 Å². The van der Waals surface area contributed by atoms with Crippen LogP contribution in [0.15, 0.2) is 118 Å². The van der Waals surface area contributed by atoms with Gasteiger partial charge in [0.1, 0.15) is 11.2 Å². The van der Waals surface area contributed by atoms with Crippen LogP contribution in [-0.2, 0) is 20.1 Å². The van der Waals surface area contributed by atoms with Gasteiger partial charge in [-0.25, -0.2) is 0 Å². The number of para-hydroxylation sites is 2. The van der Waals surface area contributed by atoms with Crippen LogP contribution in [0.5, 0.6) is 0 Å². The quantitative estimate of drug-likeness (QED) is 0.132. The number of rotatable bonds is 4. The molecule has 231 valence electrons. The molecule has 0 aliphatic carbocycles. The summed E-state index contributed by atoms with van der Waals surface area (Å²) in [6.45, 7) is 10.7. The van der Waals surface area contributed by atoms with Crippen LogP contribution in [0.2, 0.25) is 19.6 Å². The van der Waals surface area contributed by atoms with Crippen molar-refractivity contribution in [2.24, 2.45) is 0 Å². The second kappa shape index (κ2) is 12.8. The minimum absolute atomic E-state index is 0. The molecule has 0 bridgehead atoms. The molecule has 0 amide bonds. The molecule has 4 aromatic heterocycles. The number of furan rings is 2. The fourth-order valence-corrected chi connectivity index (χ4v) is 6.66. The van der Waals surface area contributed by atoms with Gasteiger partial charge < -0.3 is 18.8 Å². The smallest absolute Gasteiger partial charge is 0.123 e. The fourth-order valence-electron chi connectivity index (χ4n) is 5.63. The average molecular weight is 796 g/mol. The first-order chi connectivity index (χ1) is 22.1. The molecule has 0 saturated carbocycles. The van der Waals surface area contributed by atoms with Gasteiger partial charge in [-0.05, 0) is 56.8 Å². The molecule has 6 heteroatoms. The number of benzene rings is 4. The van der Waals surface area contributed by atoms with Crippen LogP contribution in [0.1, 0.15) is 26.7 Å². The van der Waals surface area contributed by atoms with E-state index in [1.54, 1.807) is 6.20 Å². The molecule has 4 heterocycles. The maximum atomic E-state index is 8.41.